The average molecular weight is 490 g/mol. The number of rotatable bonds is 6. The van der Waals surface area contributed by atoms with Crippen LogP contribution in [0.3, 0.4) is 0 Å². The molecule has 0 unspecified atom stereocenters. The van der Waals surface area contributed by atoms with Crippen LogP contribution < -0.4 is 10.1 Å². The number of fused-ring (bicyclic) bond motifs is 1. The van der Waals surface area contributed by atoms with E-state index in [-0.39, 0.29) is 17.5 Å². The van der Waals surface area contributed by atoms with E-state index in [1.54, 1.807) is 43.5 Å². The lowest BCUT2D eigenvalue weighted by molar-refractivity contribution is -0.111. The van der Waals surface area contributed by atoms with Crippen LogP contribution in [0.4, 0.5) is 5.69 Å². The summed E-state index contributed by atoms with van der Waals surface area (Å²) in [4.78, 5) is 25.9. The molecule has 32 heavy (non-hydrogen) atoms. The van der Waals surface area contributed by atoms with Crippen molar-refractivity contribution in [1.82, 2.24) is 0 Å². The lowest BCUT2D eigenvalue weighted by atomic mass is 10.1. The Morgan fingerprint density at radius 3 is 2.50 bits per heavy atom. The zero-order valence-corrected chi connectivity index (χ0v) is 19.1. The van der Waals surface area contributed by atoms with Gasteiger partial charge in [-0.1, -0.05) is 42.0 Å². The lowest BCUT2D eigenvalue weighted by Crippen LogP contribution is -2.11. The molecule has 5 nitrogen and oxygen atoms in total. The van der Waals surface area contributed by atoms with E-state index >= 15 is 0 Å². The molecule has 0 saturated heterocycles. The minimum absolute atomic E-state index is 0.0698. The van der Waals surface area contributed by atoms with Crippen LogP contribution in [0.25, 0.3) is 17.0 Å². The largest absolute Gasteiger partial charge is 0.496 e. The maximum absolute atomic E-state index is 13.3. The SMILES string of the molecule is COc1ccc(C(=O)c2oc3ccccc3c2NC(=O)/C=C/c2ccc(C)cc2)cc1Br. The van der Waals surface area contributed by atoms with E-state index in [1.165, 1.54) is 6.08 Å². The van der Waals surface area contributed by atoms with Crippen LogP contribution in [-0.2, 0) is 4.79 Å². The van der Waals surface area contributed by atoms with Crippen LogP contribution in [0.15, 0.2) is 81.7 Å². The average Bonchev–Trinajstić information content (AvgIpc) is 3.16. The molecular weight excluding hydrogens is 470 g/mol. The number of ketones is 1. The van der Waals surface area contributed by atoms with E-state index < -0.39 is 0 Å². The molecule has 0 aliphatic carbocycles. The van der Waals surface area contributed by atoms with Gasteiger partial charge in [-0.2, -0.15) is 0 Å². The normalized spacial score (nSPS) is 11.1. The highest BCUT2D eigenvalue weighted by Gasteiger charge is 2.23. The Kier molecular flexibility index (Phi) is 6.23. The number of halogens is 1. The molecule has 1 N–H and O–H groups in total. The molecule has 0 aliphatic heterocycles. The summed E-state index contributed by atoms with van der Waals surface area (Å²) in [7, 11) is 1.55. The number of carbonyl (C=O) groups excluding carboxylic acids is 2. The molecule has 0 fully saturated rings. The van der Waals surface area contributed by atoms with Gasteiger partial charge < -0.3 is 14.5 Å². The Morgan fingerprint density at radius 1 is 1.03 bits per heavy atom. The van der Waals surface area contributed by atoms with Crippen molar-refractivity contribution < 1.29 is 18.7 Å². The molecule has 1 aromatic heterocycles. The first kappa shape index (κ1) is 21.6. The van der Waals surface area contributed by atoms with Crippen molar-refractivity contribution in [3.63, 3.8) is 0 Å². The molecule has 160 valence electrons. The van der Waals surface area contributed by atoms with Crippen molar-refractivity contribution >= 4 is 50.4 Å². The van der Waals surface area contributed by atoms with Gasteiger partial charge in [-0.25, -0.2) is 0 Å². The Hall–Kier alpha value is -3.64. The predicted molar refractivity (Wildman–Crippen MR) is 129 cm³/mol. The number of hydrogen-bond acceptors (Lipinski definition) is 4. The lowest BCUT2D eigenvalue weighted by Gasteiger charge is -2.06. The van der Waals surface area contributed by atoms with Crippen molar-refractivity contribution in [3.8, 4) is 5.75 Å². The van der Waals surface area contributed by atoms with Crippen LogP contribution in [-0.4, -0.2) is 18.8 Å². The third kappa shape index (κ3) is 4.50. The molecule has 6 heteroatoms. The standard InChI is InChI=1S/C26H20BrNO4/c1-16-7-9-17(10-8-16)11-14-23(29)28-24-19-5-3-4-6-21(19)32-26(24)25(30)18-12-13-22(31-2)20(27)15-18/h3-15H,1-2H3,(H,28,29)/b14-11+. The van der Waals surface area contributed by atoms with Gasteiger partial charge in [0, 0.05) is 17.0 Å². The molecule has 3 aromatic carbocycles. The second-order valence-corrected chi connectivity index (χ2v) is 8.07. The third-order valence-corrected chi connectivity index (χ3v) is 5.59. The molecular formula is C26H20BrNO4. The summed E-state index contributed by atoms with van der Waals surface area (Å²) in [5.41, 5.74) is 3.31. The Labute approximate surface area is 193 Å². The van der Waals surface area contributed by atoms with Crippen LogP contribution in [0, 0.1) is 6.92 Å². The second kappa shape index (κ2) is 9.24. The number of hydrogen-bond donors (Lipinski definition) is 1. The number of anilines is 1. The van der Waals surface area contributed by atoms with Crippen molar-refractivity contribution in [3.05, 3.63) is 99.7 Å². The molecule has 0 saturated carbocycles. The number of nitrogens with one attached hydrogen (secondary N) is 1. The number of para-hydroxylation sites is 1. The first-order valence-corrected chi connectivity index (χ1v) is 10.7. The van der Waals surface area contributed by atoms with E-state index in [4.69, 9.17) is 9.15 Å². The van der Waals surface area contributed by atoms with Gasteiger partial charge in [0.1, 0.15) is 11.3 Å². The minimum atomic E-state index is -0.359. The summed E-state index contributed by atoms with van der Waals surface area (Å²) in [5, 5.41) is 3.48. The van der Waals surface area contributed by atoms with Crippen LogP contribution in [0.2, 0.25) is 0 Å². The Balaban J connectivity index is 1.67. The van der Waals surface area contributed by atoms with Crippen molar-refractivity contribution in [2.24, 2.45) is 0 Å². The van der Waals surface area contributed by atoms with Gasteiger partial charge in [0.2, 0.25) is 11.7 Å². The summed E-state index contributed by atoms with van der Waals surface area (Å²) in [5.74, 6) is -0.0225. The Morgan fingerprint density at radius 2 is 1.78 bits per heavy atom. The topological polar surface area (TPSA) is 68.5 Å². The monoisotopic (exact) mass is 489 g/mol. The van der Waals surface area contributed by atoms with E-state index in [2.05, 4.69) is 21.2 Å². The Bertz CT molecular complexity index is 1340. The third-order valence-electron chi connectivity index (χ3n) is 4.97. The van der Waals surface area contributed by atoms with Gasteiger partial charge in [0.05, 0.1) is 17.3 Å². The minimum Gasteiger partial charge on any atom is -0.496 e. The number of benzene rings is 3. The van der Waals surface area contributed by atoms with E-state index in [0.29, 0.717) is 32.4 Å². The molecule has 0 aliphatic rings. The van der Waals surface area contributed by atoms with Gasteiger partial charge in [0.15, 0.2) is 5.76 Å². The second-order valence-electron chi connectivity index (χ2n) is 7.21. The van der Waals surface area contributed by atoms with Crippen molar-refractivity contribution in [2.75, 3.05) is 12.4 Å². The molecule has 0 spiro atoms. The first-order chi connectivity index (χ1) is 15.5. The molecule has 0 radical (unpaired) electrons. The van der Waals surface area contributed by atoms with E-state index in [0.717, 1.165) is 11.1 Å². The zero-order chi connectivity index (χ0) is 22.7. The molecule has 4 rings (SSSR count). The number of furan rings is 1. The van der Waals surface area contributed by atoms with Crippen LogP contribution in [0.5, 0.6) is 5.75 Å². The molecule has 1 heterocycles. The van der Waals surface area contributed by atoms with Gasteiger partial charge in [0.25, 0.3) is 0 Å². The smallest absolute Gasteiger partial charge is 0.248 e. The highest BCUT2D eigenvalue weighted by molar-refractivity contribution is 9.10. The predicted octanol–water partition coefficient (Wildman–Crippen LogP) is 6.40. The summed E-state index contributed by atoms with van der Waals surface area (Å²) in [6, 6.07) is 20.0. The fourth-order valence-electron chi connectivity index (χ4n) is 3.28. The summed E-state index contributed by atoms with van der Waals surface area (Å²) in [6.07, 6.45) is 3.16. The van der Waals surface area contributed by atoms with Gasteiger partial charge in [-0.3, -0.25) is 9.59 Å². The quantitative estimate of drug-likeness (QED) is 0.251. The van der Waals surface area contributed by atoms with Crippen molar-refractivity contribution in [1.29, 1.82) is 0 Å². The summed E-state index contributed by atoms with van der Waals surface area (Å²) < 4.78 is 11.7. The van der Waals surface area contributed by atoms with Gasteiger partial charge in [-0.15, -0.1) is 0 Å². The van der Waals surface area contributed by atoms with Crippen molar-refractivity contribution in [2.45, 2.75) is 6.92 Å². The first-order valence-electron chi connectivity index (χ1n) is 9.92. The zero-order valence-electron chi connectivity index (χ0n) is 17.5. The number of amides is 1. The molecule has 0 bridgehead atoms. The molecule has 1 amide bonds. The molecule has 0 atom stereocenters. The number of aryl methyl sites for hydroxylation is 1. The van der Waals surface area contributed by atoms with Crippen LogP contribution >= 0.6 is 15.9 Å². The molecule has 4 aromatic rings. The van der Waals surface area contributed by atoms with E-state index in [9.17, 15) is 9.59 Å². The highest BCUT2D eigenvalue weighted by Crippen LogP contribution is 2.34. The fraction of sp³-hybridized carbons (Fsp3) is 0.0769. The summed E-state index contributed by atoms with van der Waals surface area (Å²) >= 11 is 3.40. The summed E-state index contributed by atoms with van der Waals surface area (Å²) in [6.45, 7) is 2.00. The number of methoxy groups -OCH3 is 1. The van der Waals surface area contributed by atoms with Gasteiger partial charge in [-0.05, 0) is 64.8 Å². The highest BCUT2D eigenvalue weighted by atomic mass is 79.9. The van der Waals surface area contributed by atoms with Crippen LogP contribution in [0.1, 0.15) is 27.2 Å². The fourth-order valence-corrected chi connectivity index (χ4v) is 3.82. The number of carbonyl (C=O) groups is 2. The van der Waals surface area contributed by atoms with E-state index in [1.807, 2.05) is 43.3 Å². The number of ether oxygens (including phenoxy) is 1. The maximum Gasteiger partial charge on any atom is 0.248 e. The van der Waals surface area contributed by atoms with Gasteiger partial charge >= 0.3 is 0 Å². The maximum atomic E-state index is 13.3.